The van der Waals surface area contributed by atoms with Crippen LogP contribution in [0.5, 0.6) is 0 Å². The monoisotopic (exact) mass is 1160 g/mol. The molecule has 0 aliphatic heterocycles. The molecule has 0 radical (unpaired) electrons. The van der Waals surface area contributed by atoms with Gasteiger partial charge in [0.25, 0.3) is 0 Å². The minimum Gasteiger partial charge on any atom is -0.457 e. The Labute approximate surface area is 539 Å². The lowest BCUT2D eigenvalue weighted by Crippen LogP contribution is -2.19. The molecule has 15 aromatic rings. The lowest BCUT2D eigenvalue weighted by Gasteiger charge is -2.35. The molecular weight excluding hydrogens is 1070 g/mol. The molecule has 0 fully saturated rings. The number of para-hydroxylation sites is 3. The highest BCUT2D eigenvalue weighted by Crippen LogP contribution is 2.53. The summed E-state index contributed by atoms with van der Waals surface area (Å²) >= 11 is 0.837. The molecule has 2 heterocycles. The van der Waals surface area contributed by atoms with Crippen molar-refractivity contribution in [2.75, 3.05) is 9.80 Å². The normalized spacial score (nSPS) is 14.8. The Hall–Kier alpha value is -10.7. The predicted molar refractivity (Wildman–Crippen MR) is 370 cm³/mol. The Kier molecular flexibility index (Phi) is 9.14. The number of aromatic nitrogens is 1. The van der Waals surface area contributed by atoms with Gasteiger partial charge in [-0.3, -0.25) is 0 Å². The van der Waals surface area contributed by atoms with Crippen LogP contribution in [0.15, 0.2) is 319 Å². The van der Waals surface area contributed by atoms with Crippen molar-refractivity contribution in [2.45, 2.75) is 26.2 Å². The Bertz CT molecular complexity index is 6180. The summed E-state index contributed by atoms with van der Waals surface area (Å²) < 4.78 is 200. The van der Waals surface area contributed by atoms with E-state index in [1.54, 1.807) is 15.9 Å². The number of benzene rings is 13. The van der Waals surface area contributed by atoms with Gasteiger partial charge in [-0.1, -0.05) is 245 Å². The van der Waals surface area contributed by atoms with Crippen LogP contribution in [0.1, 0.15) is 53.7 Å². The highest BCUT2D eigenvalue weighted by molar-refractivity contribution is 7.22. The lowest BCUT2D eigenvalue weighted by atomic mass is 9.85. The number of hydrogen-bond acceptors (Lipinski definition) is 4. The first-order valence-electron chi connectivity index (χ1n) is 38.2. The third kappa shape index (κ3) is 10.2. The van der Waals surface area contributed by atoms with Crippen LogP contribution in [0.2, 0.25) is 0 Å². The van der Waals surface area contributed by atoms with Crippen molar-refractivity contribution < 1.29 is 31.8 Å². The molecular formula is C82H61N3OS. The zero-order valence-electron chi connectivity index (χ0n) is 67.1. The molecule has 0 spiro atoms. The van der Waals surface area contributed by atoms with Crippen LogP contribution in [0.4, 0.5) is 34.1 Å². The standard InChI is InChI=1S/C82H61N3OS/c1-82(2,3)62-48-64(83(63-36-21-35-61(47-63)56-25-9-4-10-26-56)80-72(57-27-11-5-12-28-57)40-23-41-73(80)58-29-13-6-14-30-58)50-65(49-62)84(81-74(59-31-15-7-16-32-59)42-24-43-75(81)60-33-17-8-18-34-60)66-51-67-53-71(52-66)87-70-38-22-37-68(54-70)86-69-45-46-77-76-39-19-20-44-78(76)85(67)79(77)55-69/h4-55H,1-3H3/i4D,9D,10D,19D,20D,21D,22D,25D,26D,35D,36D,37D,38D,39D,44D,45D,46D,47D,51D,52D. The first-order valence-corrected chi connectivity index (χ1v) is 29.0. The van der Waals surface area contributed by atoms with Gasteiger partial charge in [-0.15, -0.1) is 11.3 Å². The summed E-state index contributed by atoms with van der Waals surface area (Å²) in [6.45, 7) is 5.90. The molecule has 416 valence electrons. The highest BCUT2D eigenvalue weighted by atomic mass is 32.1. The Balaban J connectivity index is 1.21. The Morgan fingerprint density at radius 2 is 0.885 bits per heavy atom. The molecule has 0 aliphatic rings. The van der Waals surface area contributed by atoms with Crippen LogP contribution < -0.4 is 9.80 Å². The van der Waals surface area contributed by atoms with E-state index in [1.807, 2.05) is 191 Å². The molecule has 0 N–H and O–H groups in total. The zero-order chi connectivity index (χ0) is 75.8. The van der Waals surface area contributed by atoms with E-state index in [2.05, 4.69) is 0 Å². The molecule has 0 amide bonds. The van der Waals surface area contributed by atoms with E-state index in [-0.39, 0.29) is 76.7 Å². The van der Waals surface area contributed by atoms with Crippen molar-refractivity contribution in [3.8, 4) is 55.6 Å². The molecule has 6 bridgehead atoms. The summed E-state index contributed by atoms with van der Waals surface area (Å²) in [6.07, 6.45) is 0. The van der Waals surface area contributed by atoms with Gasteiger partial charge in [0, 0.05) is 76.8 Å². The molecule has 4 nitrogen and oxygen atoms in total. The lowest BCUT2D eigenvalue weighted by molar-refractivity contribution is 0.590. The van der Waals surface area contributed by atoms with Crippen LogP contribution in [0.25, 0.3) is 104 Å². The fraction of sp³-hybridized carbons (Fsp3) is 0.0488. The molecule has 0 unspecified atom stereocenters. The second-order valence-electron chi connectivity index (χ2n) is 21.8. The number of hydrogen-bond donors (Lipinski definition) is 0. The number of fused-ring (bicyclic) bond motifs is 9. The van der Waals surface area contributed by atoms with Gasteiger partial charge < -0.3 is 18.6 Å². The molecule has 5 heteroatoms. The molecule has 87 heavy (non-hydrogen) atoms. The zero-order valence-corrected chi connectivity index (χ0v) is 47.9. The number of anilines is 6. The second kappa shape index (κ2) is 22.4. The van der Waals surface area contributed by atoms with Crippen LogP contribution in [-0.2, 0) is 5.41 Å². The third-order valence-electron chi connectivity index (χ3n) is 15.2. The van der Waals surface area contributed by atoms with Gasteiger partial charge in [-0.25, -0.2) is 0 Å². The molecule has 13 aromatic carbocycles. The minimum absolute atomic E-state index is 0.00378. The van der Waals surface area contributed by atoms with Gasteiger partial charge in [0.1, 0.15) is 11.2 Å². The topological polar surface area (TPSA) is 24.0 Å². The minimum atomic E-state index is -0.900. The van der Waals surface area contributed by atoms with E-state index in [1.165, 1.54) is 22.6 Å². The first-order chi connectivity index (χ1) is 51.1. The summed E-state index contributed by atoms with van der Waals surface area (Å²) in [6, 6.07) is 46.0. The van der Waals surface area contributed by atoms with E-state index >= 15 is 0 Å². The van der Waals surface area contributed by atoms with Gasteiger partial charge in [-0.2, -0.15) is 0 Å². The van der Waals surface area contributed by atoms with Crippen molar-refractivity contribution in [3.63, 3.8) is 0 Å². The Morgan fingerprint density at radius 1 is 0.368 bits per heavy atom. The molecule has 0 saturated carbocycles. The smallest absolute Gasteiger partial charge is 0.129 e. The molecule has 15 rings (SSSR count). The van der Waals surface area contributed by atoms with Crippen LogP contribution >= 0.6 is 11.3 Å². The Morgan fingerprint density at radius 3 is 1.47 bits per heavy atom. The predicted octanol–water partition coefficient (Wildman–Crippen LogP) is 23.9. The largest absolute Gasteiger partial charge is 0.457 e. The van der Waals surface area contributed by atoms with Crippen LogP contribution in [0, 0.1) is 0 Å². The molecule has 0 aliphatic carbocycles. The summed E-state index contributed by atoms with van der Waals surface area (Å²) in [4.78, 5) is 3.39. The quantitative estimate of drug-likeness (QED) is 0.129. The number of nitrogens with zero attached hydrogens (tertiary/aromatic N) is 3. The maximum absolute atomic E-state index is 11.3. The van der Waals surface area contributed by atoms with Crippen molar-refractivity contribution in [2.24, 2.45) is 0 Å². The van der Waals surface area contributed by atoms with E-state index in [4.69, 9.17) is 11.3 Å². The van der Waals surface area contributed by atoms with Gasteiger partial charge in [0.05, 0.1) is 49.8 Å². The average Bonchev–Trinajstić information content (AvgIpc) is 1.64. The number of rotatable bonds is 11. The summed E-state index contributed by atoms with van der Waals surface area (Å²) in [7, 11) is 0. The fourth-order valence-electron chi connectivity index (χ4n) is 11.3. The van der Waals surface area contributed by atoms with E-state index in [0.717, 1.165) is 11.3 Å². The SMILES string of the molecule is [2H]c1c([2H])c([2H])c(-c2c([2H])c([2H])c([2H])c(N(c3cc(N(c4c(-c5ccccc5)cccc4-c4ccccc4)c4c([2H])c5cc(c4[2H])n4c6cc(oc7cc(s5)c([2H])c([2H])c7[2H])c([2H])c([2H])c6c5c([2H])c([2H])c([2H])c([2H])c54)cc(C(C)(C)C)c3)c3c(-c4ccccc4)cccc3-c3ccccc3)c2[2H])c([2H])c1[2H]. The maximum atomic E-state index is 11.3. The summed E-state index contributed by atoms with van der Waals surface area (Å²) in [5.74, 6) is 0. The van der Waals surface area contributed by atoms with Crippen molar-refractivity contribution in [3.05, 3.63) is 321 Å². The van der Waals surface area contributed by atoms with E-state index < -0.39 is 131 Å². The van der Waals surface area contributed by atoms with Crippen LogP contribution in [0.3, 0.4) is 0 Å². The average molecular weight is 1160 g/mol. The van der Waals surface area contributed by atoms with E-state index in [0.29, 0.717) is 61.4 Å². The van der Waals surface area contributed by atoms with Gasteiger partial charge in [-0.05, 0) is 129 Å². The van der Waals surface area contributed by atoms with Crippen molar-refractivity contribution in [1.29, 1.82) is 0 Å². The van der Waals surface area contributed by atoms with Crippen molar-refractivity contribution in [1.82, 2.24) is 4.40 Å². The third-order valence-corrected chi connectivity index (χ3v) is 16.1. The van der Waals surface area contributed by atoms with Gasteiger partial charge >= 0.3 is 0 Å². The molecule has 0 atom stereocenters. The van der Waals surface area contributed by atoms with Crippen LogP contribution in [-0.4, -0.2) is 4.40 Å². The van der Waals surface area contributed by atoms with Gasteiger partial charge in [0.2, 0.25) is 0 Å². The molecule has 0 saturated heterocycles. The van der Waals surface area contributed by atoms with Gasteiger partial charge in [0.15, 0.2) is 0 Å². The van der Waals surface area contributed by atoms with E-state index in [9.17, 15) is 20.6 Å². The summed E-state index contributed by atoms with van der Waals surface area (Å²) in [5.41, 5.74) is 2.90. The molecule has 2 aromatic heterocycles. The maximum Gasteiger partial charge on any atom is 0.129 e. The first kappa shape index (κ1) is 35.5. The van der Waals surface area contributed by atoms with Crippen molar-refractivity contribution >= 4 is 93.3 Å². The highest BCUT2D eigenvalue weighted by Gasteiger charge is 2.29. The second-order valence-corrected chi connectivity index (χ2v) is 22.9. The fourth-order valence-corrected chi connectivity index (χ4v) is 12.1. The summed E-state index contributed by atoms with van der Waals surface area (Å²) in [5, 5.41) is -0.282.